The van der Waals surface area contributed by atoms with Gasteiger partial charge in [0.1, 0.15) is 5.82 Å². The molecular weight excluding hydrogens is 449 g/mol. The zero-order valence-electron chi connectivity index (χ0n) is 19.3. The van der Waals surface area contributed by atoms with E-state index in [1.54, 1.807) is 37.4 Å². The average molecular weight is 476 g/mol. The number of methoxy groups -OCH3 is 1. The van der Waals surface area contributed by atoms with E-state index in [1.165, 1.54) is 12.1 Å². The van der Waals surface area contributed by atoms with Crippen LogP contribution in [-0.4, -0.2) is 44.2 Å². The summed E-state index contributed by atoms with van der Waals surface area (Å²) >= 11 is 0. The van der Waals surface area contributed by atoms with E-state index in [0.717, 1.165) is 54.9 Å². The van der Waals surface area contributed by atoms with Gasteiger partial charge in [-0.05, 0) is 59.2 Å². The Hall–Kier alpha value is -3.88. The average Bonchev–Trinajstić information content (AvgIpc) is 3.30. The number of nitrogen functional groups attached to an aromatic ring is 1. The van der Waals surface area contributed by atoms with Gasteiger partial charge >= 0.3 is 0 Å². The van der Waals surface area contributed by atoms with Crippen LogP contribution in [0.3, 0.4) is 0 Å². The van der Waals surface area contributed by atoms with Crippen LogP contribution >= 0.6 is 0 Å². The van der Waals surface area contributed by atoms with Crippen LogP contribution < -0.4 is 15.8 Å². The smallest absolute Gasteiger partial charge is 0.291 e. The van der Waals surface area contributed by atoms with E-state index >= 15 is 0 Å². The Morgan fingerprint density at radius 2 is 1.80 bits per heavy atom. The highest BCUT2D eigenvalue weighted by atomic mass is 19.1. The SMILES string of the molecule is COc1cc(CN2CCOCC2)cc2cc(C(=O)Nc3cc(-c4ccc(F)cc4)ccc3N)oc12. The Labute approximate surface area is 202 Å². The molecular formula is C27H26FN3O4. The third kappa shape index (κ3) is 4.99. The Balaban J connectivity index is 1.39. The van der Waals surface area contributed by atoms with Gasteiger partial charge in [-0.25, -0.2) is 4.39 Å². The van der Waals surface area contributed by atoms with Crippen LogP contribution in [-0.2, 0) is 11.3 Å². The number of nitrogens with zero attached hydrogens (tertiary/aromatic N) is 1. The van der Waals surface area contributed by atoms with E-state index in [-0.39, 0.29) is 11.6 Å². The number of nitrogens with one attached hydrogen (secondary N) is 1. The summed E-state index contributed by atoms with van der Waals surface area (Å²) < 4.78 is 30.1. The number of morpholine rings is 1. The van der Waals surface area contributed by atoms with Crippen LogP contribution in [0.4, 0.5) is 15.8 Å². The minimum Gasteiger partial charge on any atom is -0.493 e. The second kappa shape index (κ2) is 9.77. The Morgan fingerprint density at radius 1 is 1.06 bits per heavy atom. The Bertz CT molecular complexity index is 1360. The van der Waals surface area contributed by atoms with Crippen molar-refractivity contribution in [1.82, 2.24) is 4.90 Å². The maximum Gasteiger partial charge on any atom is 0.291 e. The molecule has 3 aromatic carbocycles. The van der Waals surface area contributed by atoms with Crippen LogP contribution in [0.15, 0.2) is 65.1 Å². The molecule has 7 nitrogen and oxygen atoms in total. The molecule has 35 heavy (non-hydrogen) atoms. The van der Waals surface area contributed by atoms with Gasteiger partial charge in [0.15, 0.2) is 17.1 Å². The highest BCUT2D eigenvalue weighted by Crippen LogP contribution is 2.32. The number of fused-ring (bicyclic) bond motifs is 1. The summed E-state index contributed by atoms with van der Waals surface area (Å²) in [6, 6.07) is 17.1. The van der Waals surface area contributed by atoms with Crippen molar-refractivity contribution < 1.29 is 23.1 Å². The zero-order valence-corrected chi connectivity index (χ0v) is 19.3. The van der Waals surface area contributed by atoms with Gasteiger partial charge in [-0.2, -0.15) is 0 Å². The standard InChI is InChI=1S/C27H26FN3O4/c1-33-24-13-17(16-31-8-10-34-11-9-31)12-20-15-25(35-26(20)24)27(32)30-23-14-19(4-7-22(23)29)18-2-5-21(28)6-3-18/h2-7,12-15H,8-11,16,29H2,1H3,(H,30,32). The molecule has 0 saturated carbocycles. The summed E-state index contributed by atoms with van der Waals surface area (Å²) in [5.41, 5.74) is 10.1. The molecule has 8 heteroatoms. The Morgan fingerprint density at radius 3 is 2.54 bits per heavy atom. The molecule has 1 aliphatic rings. The molecule has 0 unspecified atom stereocenters. The van der Waals surface area contributed by atoms with Gasteiger partial charge in [-0.15, -0.1) is 0 Å². The van der Waals surface area contributed by atoms with Crippen molar-refractivity contribution in [3.05, 3.63) is 77.8 Å². The van der Waals surface area contributed by atoms with E-state index < -0.39 is 5.91 Å². The van der Waals surface area contributed by atoms with Gasteiger partial charge in [0, 0.05) is 25.0 Å². The number of amides is 1. The number of halogens is 1. The number of anilines is 2. The molecule has 1 amide bonds. The second-order valence-electron chi connectivity index (χ2n) is 8.48. The third-order valence-corrected chi connectivity index (χ3v) is 6.07. The van der Waals surface area contributed by atoms with Crippen molar-refractivity contribution in [3.63, 3.8) is 0 Å². The number of nitrogens with two attached hydrogens (primary N) is 1. The maximum absolute atomic E-state index is 13.3. The number of carbonyl (C=O) groups excluding carboxylic acids is 1. The minimum absolute atomic E-state index is 0.147. The predicted molar refractivity (Wildman–Crippen MR) is 133 cm³/mol. The summed E-state index contributed by atoms with van der Waals surface area (Å²) in [5, 5.41) is 3.62. The number of hydrogen-bond acceptors (Lipinski definition) is 6. The molecule has 0 radical (unpaired) electrons. The molecule has 3 N–H and O–H groups in total. The normalized spacial score (nSPS) is 14.2. The fraction of sp³-hybridized carbons (Fsp3) is 0.222. The molecule has 1 aliphatic heterocycles. The molecule has 1 fully saturated rings. The fourth-order valence-electron chi connectivity index (χ4n) is 4.22. The van der Waals surface area contributed by atoms with Gasteiger partial charge in [-0.1, -0.05) is 18.2 Å². The third-order valence-electron chi connectivity index (χ3n) is 6.07. The monoisotopic (exact) mass is 475 g/mol. The summed E-state index contributed by atoms with van der Waals surface area (Å²) in [6.45, 7) is 3.95. The van der Waals surface area contributed by atoms with Crippen LogP contribution in [0, 0.1) is 5.82 Å². The molecule has 0 bridgehead atoms. The number of furan rings is 1. The largest absolute Gasteiger partial charge is 0.493 e. The van der Waals surface area contributed by atoms with Crippen molar-refractivity contribution in [3.8, 4) is 16.9 Å². The van der Waals surface area contributed by atoms with E-state index in [9.17, 15) is 9.18 Å². The number of benzene rings is 3. The first kappa shape index (κ1) is 22.9. The molecule has 180 valence electrons. The van der Waals surface area contributed by atoms with E-state index in [2.05, 4.69) is 10.2 Å². The summed E-state index contributed by atoms with van der Waals surface area (Å²) in [5.74, 6) is -0.0249. The zero-order chi connectivity index (χ0) is 24.4. The summed E-state index contributed by atoms with van der Waals surface area (Å²) in [7, 11) is 1.58. The maximum atomic E-state index is 13.3. The Kier molecular flexibility index (Phi) is 6.39. The quantitative estimate of drug-likeness (QED) is 0.385. The number of rotatable bonds is 6. The number of hydrogen-bond donors (Lipinski definition) is 2. The van der Waals surface area contributed by atoms with Gasteiger partial charge in [0.25, 0.3) is 5.91 Å². The summed E-state index contributed by atoms with van der Waals surface area (Å²) in [4.78, 5) is 15.4. The van der Waals surface area contributed by atoms with Crippen molar-refractivity contribution in [2.24, 2.45) is 0 Å². The van der Waals surface area contributed by atoms with Crippen molar-refractivity contribution in [2.45, 2.75) is 6.54 Å². The van der Waals surface area contributed by atoms with Gasteiger partial charge in [0.2, 0.25) is 0 Å². The van der Waals surface area contributed by atoms with Crippen LogP contribution in [0.5, 0.6) is 5.75 Å². The lowest BCUT2D eigenvalue weighted by Gasteiger charge is -2.26. The molecule has 1 aromatic heterocycles. The van der Waals surface area contributed by atoms with Crippen molar-refractivity contribution >= 4 is 28.3 Å². The van der Waals surface area contributed by atoms with Gasteiger partial charge in [-0.3, -0.25) is 9.69 Å². The van der Waals surface area contributed by atoms with Crippen LogP contribution in [0.25, 0.3) is 22.1 Å². The molecule has 4 aromatic rings. The van der Waals surface area contributed by atoms with Crippen LogP contribution in [0.2, 0.25) is 0 Å². The predicted octanol–water partition coefficient (Wildman–Crippen LogP) is 4.91. The molecule has 0 spiro atoms. The fourth-order valence-corrected chi connectivity index (χ4v) is 4.22. The topological polar surface area (TPSA) is 90.0 Å². The summed E-state index contributed by atoms with van der Waals surface area (Å²) in [6.07, 6.45) is 0. The molecule has 5 rings (SSSR count). The lowest BCUT2D eigenvalue weighted by atomic mass is 10.0. The first-order chi connectivity index (χ1) is 17.0. The highest BCUT2D eigenvalue weighted by molar-refractivity contribution is 6.06. The van der Waals surface area contributed by atoms with Crippen LogP contribution in [0.1, 0.15) is 16.1 Å². The van der Waals surface area contributed by atoms with Gasteiger partial charge < -0.3 is 24.9 Å². The van der Waals surface area contributed by atoms with E-state index in [1.807, 2.05) is 18.2 Å². The lowest BCUT2D eigenvalue weighted by molar-refractivity contribution is 0.0342. The minimum atomic E-state index is -0.430. The lowest BCUT2D eigenvalue weighted by Crippen LogP contribution is -2.35. The first-order valence-electron chi connectivity index (χ1n) is 11.4. The second-order valence-corrected chi connectivity index (χ2v) is 8.48. The highest BCUT2D eigenvalue weighted by Gasteiger charge is 2.19. The number of carbonyl (C=O) groups is 1. The van der Waals surface area contributed by atoms with Crippen molar-refractivity contribution in [1.29, 1.82) is 0 Å². The molecule has 0 aliphatic carbocycles. The van der Waals surface area contributed by atoms with E-state index in [0.29, 0.717) is 22.7 Å². The number of ether oxygens (including phenoxy) is 2. The first-order valence-corrected chi connectivity index (χ1v) is 11.4. The molecule has 0 atom stereocenters. The molecule has 1 saturated heterocycles. The van der Waals surface area contributed by atoms with Crippen molar-refractivity contribution in [2.75, 3.05) is 44.5 Å². The van der Waals surface area contributed by atoms with Gasteiger partial charge in [0.05, 0.1) is 31.7 Å². The molecule has 2 heterocycles. The van der Waals surface area contributed by atoms with E-state index in [4.69, 9.17) is 19.6 Å².